The summed E-state index contributed by atoms with van der Waals surface area (Å²) in [6.07, 6.45) is 13.7. The molecule has 0 unspecified atom stereocenters. The molecule has 1 aliphatic rings. The van der Waals surface area contributed by atoms with Gasteiger partial charge < -0.3 is 0 Å². The molecule has 2 aromatic carbocycles. The van der Waals surface area contributed by atoms with Gasteiger partial charge in [-0.15, -0.1) is 0 Å². The van der Waals surface area contributed by atoms with Crippen molar-refractivity contribution in [2.75, 3.05) is 13.6 Å². The van der Waals surface area contributed by atoms with Crippen LogP contribution in [0.1, 0.15) is 94.5 Å². The van der Waals surface area contributed by atoms with Crippen molar-refractivity contribution in [2.45, 2.75) is 104 Å². The molecule has 0 bridgehead atoms. The number of carbonyl (C=O) groups excluding carboxylic acids is 1. The van der Waals surface area contributed by atoms with Gasteiger partial charge in [-0.3, -0.25) is 0 Å². The van der Waals surface area contributed by atoms with Crippen LogP contribution in [0.4, 0.5) is 0 Å². The van der Waals surface area contributed by atoms with Crippen molar-refractivity contribution >= 4 is 38.6 Å². The summed E-state index contributed by atoms with van der Waals surface area (Å²) < 4.78 is 8.02. The molecular weight excluding hydrogens is 571 g/mol. The average molecular weight is 621 g/mol. The molecule has 1 fully saturated rings. The van der Waals surface area contributed by atoms with E-state index in [4.69, 9.17) is 0 Å². The molecule has 4 rings (SSSR count). The average Bonchev–Trinajstić information content (AvgIpc) is 3.32. The van der Waals surface area contributed by atoms with E-state index in [1.54, 1.807) is 0 Å². The molecule has 4 heteroatoms. The molecule has 1 aliphatic heterocycles. The number of aromatic nitrogens is 1. The van der Waals surface area contributed by atoms with Crippen LogP contribution < -0.4 is 3.58 Å². The quantitative estimate of drug-likeness (QED) is 0.133. The maximum atomic E-state index is 14.5. The Labute approximate surface area is 235 Å². The first-order valence-electron chi connectivity index (χ1n) is 15.5. The van der Waals surface area contributed by atoms with Crippen molar-refractivity contribution in [2.24, 2.45) is 0 Å². The molecule has 2 heterocycles. The van der Waals surface area contributed by atoms with E-state index in [2.05, 4.69) is 92.0 Å². The van der Waals surface area contributed by atoms with Crippen LogP contribution in [-0.4, -0.2) is 53.3 Å². The van der Waals surface area contributed by atoms with Gasteiger partial charge in [0.05, 0.1) is 0 Å². The second-order valence-electron chi connectivity index (χ2n) is 11.8. The fourth-order valence-electron chi connectivity index (χ4n) is 6.79. The van der Waals surface area contributed by atoms with E-state index in [9.17, 15) is 4.79 Å². The van der Waals surface area contributed by atoms with Gasteiger partial charge in [0.1, 0.15) is 0 Å². The third-order valence-corrected chi connectivity index (χ3v) is 24.9. The number of piperidine rings is 1. The molecule has 0 radical (unpaired) electrons. The summed E-state index contributed by atoms with van der Waals surface area (Å²) in [7, 11) is 2.26. The molecule has 38 heavy (non-hydrogen) atoms. The molecule has 1 atom stereocenters. The summed E-state index contributed by atoms with van der Waals surface area (Å²) in [6.45, 7) is 9.10. The molecule has 0 aliphatic carbocycles. The van der Waals surface area contributed by atoms with E-state index in [1.165, 1.54) is 86.7 Å². The Morgan fingerprint density at radius 2 is 1.47 bits per heavy atom. The van der Waals surface area contributed by atoms with Crippen molar-refractivity contribution < 1.29 is 4.79 Å². The number of likely N-dealkylation sites (N-methyl/N-ethyl adjacent to an activating group) is 1. The van der Waals surface area contributed by atoms with Crippen molar-refractivity contribution in [3.05, 3.63) is 65.9 Å². The molecule has 0 N–H and O–H groups in total. The predicted molar refractivity (Wildman–Crippen MR) is 167 cm³/mol. The van der Waals surface area contributed by atoms with Gasteiger partial charge in [-0.1, -0.05) is 0 Å². The first kappa shape index (κ1) is 29.4. The monoisotopic (exact) mass is 622 g/mol. The van der Waals surface area contributed by atoms with Gasteiger partial charge in [-0.25, -0.2) is 0 Å². The number of rotatable bonds is 14. The fraction of sp³-hybridized carbons (Fsp3) is 0.559. The number of fused-ring (bicyclic) bond motifs is 1. The van der Waals surface area contributed by atoms with Crippen LogP contribution in [-0.2, 0) is 6.54 Å². The first-order valence-corrected chi connectivity index (χ1v) is 22.9. The van der Waals surface area contributed by atoms with E-state index >= 15 is 0 Å². The molecule has 0 amide bonds. The number of unbranched alkanes of at least 4 members (excludes halogenated alkanes) is 3. The molecule has 1 aromatic heterocycles. The van der Waals surface area contributed by atoms with Gasteiger partial charge in [0.2, 0.25) is 0 Å². The molecule has 0 spiro atoms. The van der Waals surface area contributed by atoms with Crippen LogP contribution in [0.5, 0.6) is 0 Å². The van der Waals surface area contributed by atoms with E-state index in [0.717, 1.165) is 23.1 Å². The number of carbonyl (C=O) groups is 1. The standard InChI is InChI=1S/C22H23N2O.3C4H9.Sn/c1-23-14-8-7-11-18(23)15-24-16-20(19-12-5-6-13-21(19)24)22(25)17-9-3-2-4-10-17;3*1-3-4-2;/h2-6,9,12-13,16,18H,7-8,11,14-15H2,1H3;3*1,3-4H2,2H3;/t18-;;;;/m1..../s1. The van der Waals surface area contributed by atoms with E-state index in [0.29, 0.717) is 6.04 Å². The number of likely N-dealkylation sites (tertiary alicyclic amines) is 1. The van der Waals surface area contributed by atoms with Gasteiger partial charge in [0.25, 0.3) is 0 Å². The van der Waals surface area contributed by atoms with E-state index in [1.807, 2.05) is 0 Å². The predicted octanol–water partition coefficient (Wildman–Crippen LogP) is 8.41. The second-order valence-corrected chi connectivity index (χ2v) is 24.9. The molecule has 1 saturated heterocycles. The van der Waals surface area contributed by atoms with Crippen molar-refractivity contribution in [3.8, 4) is 0 Å². The van der Waals surface area contributed by atoms with Crippen molar-refractivity contribution in [1.82, 2.24) is 9.47 Å². The summed E-state index contributed by atoms with van der Waals surface area (Å²) >= 11 is -2.78. The Morgan fingerprint density at radius 1 is 0.842 bits per heavy atom. The second kappa shape index (κ2) is 14.2. The van der Waals surface area contributed by atoms with Gasteiger partial charge >= 0.3 is 237 Å². The van der Waals surface area contributed by atoms with Crippen molar-refractivity contribution in [1.29, 1.82) is 0 Å². The summed E-state index contributed by atoms with van der Waals surface area (Å²) in [5.41, 5.74) is 3.11. The Bertz CT molecular complexity index is 1160. The number of nitrogens with zero attached hydrogens (tertiary/aromatic N) is 2. The van der Waals surface area contributed by atoms with Gasteiger partial charge in [0.15, 0.2) is 0 Å². The third-order valence-electron chi connectivity index (χ3n) is 9.13. The summed E-state index contributed by atoms with van der Waals surface area (Å²) in [4.78, 5) is 17.0. The van der Waals surface area contributed by atoms with Crippen molar-refractivity contribution in [3.63, 3.8) is 0 Å². The molecule has 3 nitrogen and oxygen atoms in total. The Balaban J connectivity index is 1.77. The minimum atomic E-state index is -2.78. The Morgan fingerprint density at radius 3 is 2.13 bits per heavy atom. The topological polar surface area (TPSA) is 25.2 Å². The molecule has 0 saturated carbocycles. The third kappa shape index (κ3) is 6.58. The number of hydrogen-bond donors (Lipinski definition) is 0. The van der Waals surface area contributed by atoms with Gasteiger partial charge in [-0.05, 0) is 0 Å². The number of ketones is 1. The van der Waals surface area contributed by atoms with E-state index in [-0.39, 0.29) is 5.78 Å². The number of hydrogen-bond acceptors (Lipinski definition) is 2. The van der Waals surface area contributed by atoms with Crippen LogP contribution in [0.15, 0.2) is 54.7 Å². The van der Waals surface area contributed by atoms with E-state index < -0.39 is 18.4 Å². The summed E-state index contributed by atoms with van der Waals surface area (Å²) in [6, 6.07) is 18.0. The van der Waals surface area contributed by atoms with Gasteiger partial charge in [-0.2, -0.15) is 0 Å². The number of para-hydroxylation sites is 1. The summed E-state index contributed by atoms with van der Waals surface area (Å²) in [5, 5.41) is 1.11. The maximum absolute atomic E-state index is 14.5. The molecule has 206 valence electrons. The number of benzene rings is 2. The molecule has 3 aromatic rings. The minimum absolute atomic E-state index is 0.248. The summed E-state index contributed by atoms with van der Waals surface area (Å²) in [5.74, 6) is 0.248. The zero-order valence-electron chi connectivity index (χ0n) is 24.5. The van der Waals surface area contributed by atoms with Gasteiger partial charge in [0, 0.05) is 0 Å². The van der Waals surface area contributed by atoms with Crippen LogP contribution in [0.2, 0.25) is 13.3 Å². The molecular formula is C34H50N2OSn. The van der Waals surface area contributed by atoms with Crippen LogP contribution in [0.3, 0.4) is 0 Å². The Hall–Kier alpha value is -1.59. The van der Waals surface area contributed by atoms with Crippen LogP contribution >= 0.6 is 0 Å². The normalized spacial score (nSPS) is 16.8. The van der Waals surface area contributed by atoms with Crippen LogP contribution in [0.25, 0.3) is 10.9 Å². The zero-order valence-corrected chi connectivity index (χ0v) is 27.3. The SMILES string of the molecule is CCC[CH2][Sn]([CH2]CCC)([CH2]CCC)[c]1ccccc1C(=O)c1cn(C[C@H]2CCCCN2C)c2ccccc12. The first-order chi connectivity index (χ1) is 18.5. The zero-order chi connectivity index (χ0) is 27.0. The fourth-order valence-corrected chi connectivity index (χ4v) is 23.5. The Kier molecular flexibility index (Phi) is 11.0. The van der Waals surface area contributed by atoms with Crippen LogP contribution in [0, 0.1) is 0 Å².